The third kappa shape index (κ3) is 4.50. The van der Waals surface area contributed by atoms with Gasteiger partial charge < -0.3 is 14.8 Å². The fraction of sp³-hybridized carbons (Fsp3) is 0.273. The molecule has 0 saturated heterocycles. The predicted octanol–water partition coefficient (Wildman–Crippen LogP) is 2.85. The highest BCUT2D eigenvalue weighted by molar-refractivity contribution is 5.92. The minimum atomic E-state index is -0.304. The van der Waals surface area contributed by atoms with Crippen molar-refractivity contribution in [2.45, 2.75) is 26.3 Å². The molecule has 0 spiro atoms. The quantitative estimate of drug-likeness (QED) is 0.634. The number of hydrogen-bond donors (Lipinski definition) is 2. The van der Waals surface area contributed by atoms with E-state index in [4.69, 9.17) is 9.47 Å². The second-order valence-electron chi connectivity index (χ2n) is 7.42. The largest absolute Gasteiger partial charge is 0.493 e. The highest BCUT2D eigenvalue weighted by Crippen LogP contribution is 2.34. The molecule has 2 heterocycles. The van der Waals surface area contributed by atoms with Gasteiger partial charge in [-0.05, 0) is 54.8 Å². The van der Waals surface area contributed by atoms with Crippen LogP contribution in [-0.2, 0) is 9.59 Å². The lowest BCUT2D eigenvalue weighted by molar-refractivity contribution is -0.118. The molecule has 1 aromatic heterocycles. The van der Waals surface area contributed by atoms with E-state index in [0.717, 1.165) is 22.4 Å². The van der Waals surface area contributed by atoms with E-state index in [0.29, 0.717) is 17.4 Å². The average Bonchev–Trinajstić information content (AvgIpc) is 3.19. The molecule has 0 radical (unpaired) electrons. The van der Waals surface area contributed by atoms with Crippen LogP contribution in [-0.4, -0.2) is 40.3 Å². The van der Waals surface area contributed by atoms with Gasteiger partial charge >= 0.3 is 0 Å². The van der Waals surface area contributed by atoms with Crippen molar-refractivity contribution in [1.82, 2.24) is 14.8 Å². The van der Waals surface area contributed by atoms with Crippen LogP contribution in [0.15, 0.2) is 42.7 Å². The Balaban J connectivity index is 1.46. The van der Waals surface area contributed by atoms with Crippen molar-refractivity contribution in [1.29, 1.82) is 0 Å². The Bertz CT molecular complexity index is 1120. The normalized spacial score (nSPS) is 15.1. The summed E-state index contributed by atoms with van der Waals surface area (Å²) in [6, 6.07) is 10.9. The van der Waals surface area contributed by atoms with E-state index in [-0.39, 0.29) is 30.9 Å². The van der Waals surface area contributed by atoms with Crippen molar-refractivity contribution < 1.29 is 19.1 Å². The smallest absolute Gasteiger partial charge is 0.262 e. The zero-order valence-electron chi connectivity index (χ0n) is 17.5. The Labute approximate surface area is 179 Å². The van der Waals surface area contributed by atoms with E-state index in [9.17, 15) is 9.59 Å². The molecular formula is C22H23N5O4. The highest BCUT2D eigenvalue weighted by atomic mass is 16.5. The molecule has 1 atom stereocenters. The van der Waals surface area contributed by atoms with Crippen LogP contribution in [0.25, 0.3) is 0 Å². The van der Waals surface area contributed by atoms with Crippen LogP contribution >= 0.6 is 0 Å². The van der Waals surface area contributed by atoms with Gasteiger partial charge in [-0.25, -0.2) is 4.68 Å². The lowest BCUT2D eigenvalue weighted by atomic mass is 10.0. The summed E-state index contributed by atoms with van der Waals surface area (Å²) in [5.74, 6) is 0.897. The molecular weight excluding hydrogens is 398 g/mol. The van der Waals surface area contributed by atoms with Crippen LogP contribution in [0.2, 0.25) is 0 Å². The lowest BCUT2D eigenvalue weighted by Gasteiger charge is -2.24. The summed E-state index contributed by atoms with van der Waals surface area (Å²) in [5.41, 5.74) is 3.69. The summed E-state index contributed by atoms with van der Waals surface area (Å²) in [6.45, 7) is 3.79. The monoisotopic (exact) mass is 421 g/mol. The Hall–Kier alpha value is -3.88. The number of carbonyl (C=O) groups is 2. The zero-order chi connectivity index (χ0) is 22.0. The first-order chi connectivity index (χ1) is 14.9. The van der Waals surface area contributed by atoms with Crippen LogP contribution in [0.4, 0.5) is 11.6 Å². The molecule has 9 nitrogen and oxygen atoms in total. The van der Waals surface area contributed by atoms with Crippen LogP contribution in [0.1, 0.15) is 29.2 Å². The number of hydrogen-bond acceptors (Lipinski definition) is 6. The van der Waals surface area contributed by atoms with Crippen molar-refractivity contribution >= 4 is 23.5 Å². The molecule has 0 bridgehead atoms. The topological polar surface area (TPSA) is 107 Å². The van der Waals surface area contributed by atoms with Gasteiger partial charge in [-0.1, -0.05) is 12.1 Å². The molecule has 2 N–H and O–H groups in total. The van der Waals surface area contributed by atoms with Crippen molar-refractivity contribution in [3.8, 4) is 11.5 Å². The van der Waals surface area contributed by atoms with Gasteiger partial charge in [0.2, 0.25) is 11.9 Å². The summed E-state index contributed by atoms with van der Waals surface area (Å²) >= 11 is 0. The number of ether oxygens (including phenoxy) is 2. The summed E-state index contributed by atoms with van der Waals surface area (Å²) < 4.78 is 12.8. The number of aryl methyl sites for hydroxylation is 2. The maximum atomic E-state index is 12.3. The molecule has 1 aliphatic heterocycles. The van der Waals surface area contributed by atoms with E-state index in [2.05, 4.69) is 20.7 Å². The minimum Gasteiger partial charge on any atom is -0.493 e. The summed E-state index contributed by atoms with van der Waals surface area (Å²) in [7, 11) is 1.52. The number of nitrogens with one attached hydrogen (secondary N) is 2. The van der Waals surface area contributed by atoms with Gasteiger partial charge in [0.25, 0.3) is 5.91 Å². The summed E-state index contributed by atoms with van der Waals surface area (Å²) in [5, 5.41) is 9.73. The number of nitrogens with zero attached hydrogens (tertiary/aromatic N) is 3. The van der Waals surface area contributed by atoms with Crippen LogP contribution < -0.4 is 20.1 Å². The molecule has 4 rings (SSSR count). The lowest BCUT2D eigenvalue weighted by Crippen LogP contribution is -2.29. The van der Waals surface area contributed by atoms with Crippen molar-refractivity contribution in [2.24, 2.45) is 0 Å². The molecule has 160 valence electrons. The SMILES string of the molecule is COc1cc([C@H]2CC(=O)Nc3ncnn32)ccc1OCC(=O)Nc1cc(C)cc(C)c1. The first kappa shape index (κ1) is 20.4. The van der Waals surface area contributed by atoms with E-state index in [1.54, 1.807) is 16.8 Å². The molecule has 9 heteroatoms. The molecule has 0 fully saturated rings. The van der Waals surface area contributed by atoms with Crippen LogP contribution in [0.5, 0.6) is 11.5 Å². The van der Waals surface area contributed by atoms with Gasteiger partial charge in [-0.3, -0.25) is 14.9 Å². The van der Waals surface area contributed by atoms with Crippen molar-refractivity contribution in [3.63, 3.8) is 0 Å². The number of carbonyl (C=O) groups excluding carboxylic acids is 2. The molecule has 0 saturated carbocycles. The average molecular weight is 421 g/mol. The van der Waals surface area contributed by atoms with E-state index < -0.39 is 0 Å². The second-order valence-corrected chi connectivity index (χ2v) is 7.42. The fourth-order valence-electron chi connectivity index (χ4n) is 3.66. The molecule has 3 aromatic rings. The maximum absolute atomic E-state index is 12.3. The van der Waals surface area contributed by atoms with E-state index >= 15 is 0 Å². The number of methoxy groups -OCH3 is 1. The molecule has 31 heavy (non-hydrogen) atoms. The van der Waals surface area contributed by atoms with Gasteiger partial charge in [-0.15, -0.1) is 0 Å². The maximum Gasteiger partial charge on any atom is 0.262 e. The van der Waals surface area contributed by atoms with Gasteiger partial charge in [0.1, 0.15) is 6.33 Å². The third-order valence-corrected chi connectivity index (χ3v) is 4.93. The predicted molar refractivity (Wildman–Crippen MR) is 114 cm³/mol. The molecule has 2 aromatic carbocycles. The summed E-state index contributed by atoms with van der Waals surface area (Å²) in [4.78, 5) is 28.4. The van der Waals surface area contributed by atoms with E-state index in [1.165, 1.54) is 13.4 Å². The number of anilines is 2. The molecule has 1 aliphatic rings. The number of benzene rings is 2. The van der Waals surface area contributed by atoms with Crippen LogP contribution in [0, 0.1) is 13.8 Å². The van der Waals surface area contributed by atoms with Crippen LogP contribution in [0.3, 0.4) is 0 Å². The Morgan fingerprint density at radius 1 is 1.19 bits per heavy atom. The summed E-state index contributed by atoms with van der Waals surface area (Å²) in [6.07, 6.45) is 1.63. The first-order valence-electron chi connectivity index (χ1n) is 9.81. The molecule has 0 unspecified atom stereocenters. The van der Waals surface area contributed by atoms with E-state index in [1.807, 2.05) is 38.1 Å². The van der Waals surface area contributed by atoms with Gasteiger partial charge in [-0.2, -0.15) is 10.1 Å². The number of amides is 2. The second kappa shape index (κ2) is 8.47. The third-order valence-electron chi connectivity index (χ3n) is 4.93. The van der Waals surface area contributed by atoms with Gasteiger partial charge in [0.05, 0.1) is 19.6 Å². The van der Waals surface area contributed by atoms with Crippen molar-refractivity contribution in [2.75, 3.05) is 24.4 Å². The standard InChI is InChI=1S/C22H23N5O4/c1-13-6-14(2)8-16(7-13)25-21(29)11-31-18-5-4-15(9-19(18)30-3)17-10-20(28)26-22-23-12-24-27(17)22/h4-9,12,17H,10-11H2,1-3H3,(H,25,29)(H,23,24,26,28)/t17-/m1/s1. The minimum absolute atomic E-state index is 0.132. The first-order valence-corrected chi connectivity index (χ1v) is 9.81. The fourth-order valence-corrected chi connectivity index (χ4v) is 3.66. The number of fused-ring (bicyclic) bond motifs is 1. The number of rotatable bonds is 6. The highest BCUT2D eigenvalue weighted by Gasteiger charge is 2.28. The Morgan fingerprint density at radius 3 is 2.71 bits per heavy atom. The number of aromatic nitrogens is 3. The van der Waals surface area contributed by atoms with Gasteiger partial charge in [0, 0.05) is 5.69 Å². The molecule has 2 amide bonds. The van der Waals surface area contributed by atoms with Gasteiger partial charge in [0.15, 0.2) is 18.1 Å². The van der Waals surface area contributed by atoms with Crippen molar-refractivity contribution in [3.05, 3.63) is 59.4 Å². The zero-order valence-corrected chi connectivity index (χ0v) is 17.5. The molecule has 0 aliphatic carbocycles. The Morgan fingerprint density at radius 2 is 1.97 bits per heavy atom. The Kier molecular flexibility index (Phi) is 5.57.